The summed E-state index contributed by atoms with van der Waals surface area (Å²) in [6.07, 6.45) is -0.448. The summed E-state index contributed by atoms with van der Waals surface area (Å²) in [6, 6.07) is -0.496. The van der Waals surface area contributed by atoms with E-state index in [1.165, 1.54) is 13.0 Å². The number of ether oxygens (including phenoxy) is 1. The SMILES string of the molecule is CCOC(=O)c1sc(N(C(=O)C=Cc2cnn(CC)c2C)C(C)C)nc1C(F)(F)F. The van der Waals surface area contributed by atoms with Crippen LogP contribution in [0.4, 0.5) is 18.3 Å². The fraction of sp³-hybridized carbons (Fsp3) is 0.474. The van der Waals surface area contributed by atoms with Gasteiger partial charge in [-0.15, -0.1) is 0 Å². The maximum atomic E-state index is 13.4. The number of amides is 1. The molecule has 0 aliphatic rings. The van der Waals surface area contributed by atoms with E-state index in [-0.39, 0.29) is 11.7 Å². The summed E-state index contributed by atoms with van der Waals surface area (Å²) < 4.78 is 46.6. The molecule has 164 valence electrons. The first kappa shape index (κ1) is 23.6. The average molecular weight is 444 g/mol. The van der Waals surface area contributed by atoms with Crippen molar-refractivity contribution in [2.24, 2.45) is 0 Å². The number of carbonyl (C=O) groups is 2. The second-order valence-corrected chi connectivity index (χ2v) is 7.51. The number of anilines is 1. The van der Waals surface area contributed by atoms with Gasteiger partial charge in [0.15, 0.2) is 10.8 Å². The first-order chi connectivity index (χ1) is 14.0. The topological polar surface area (TPSA) is 77.3 Å². The number of thiazole rings is 1. The van der Waals surface area contributed by atoms with Crippen LogP contribution in [-0.4, -0.2) is 39.3 Å². The summed E-state index contributed by atoms with van der Waals surface area (Å²) in [7, 11) is 0. The van der Waals surface area contributed by atoms with Crippen LogP contribution in [0, 0.1) is 6.92 Å². The summed E-state index contributed by atoms with van der Waals surface area (Å²) in [5.41, 5.74) is 0.218. The monoisotopic (exact) mass is 444 g/mol. The van der Waals surface area contributed by atoms with Gasteiger partial charge in [0, 0.05) is 29.9 Å². The molecule has 0 unspecified atom stereocenters. The molecule has 0 aromatic carbocycles. The standard InChI is InChI=1S/C19H23F3N4O3S/c1-6-25-12(5)13(10-23-25)8-9-14(27)26(11(3)4)18-24-16(19(20,21)22)15(30-18)17(28)29-7-2/h8-11H,6-7H2,1-5H3. The molecular formula is C19H23F3N4O3S. The Kier molecular flexibility index (Phi) is 7.40. The van der Waals surface area contributed by atoms with Crippen molar-refractivity contribution < 1.29 is 27.5 Å². The second-order valence-electron chi connectivity index (χ2n) is 6.53. The van der Waals surface area contributed by atoms with Gasteiger partial charge in [0.25, 0.3) is 5.91 Å². The number of nitrogens with zero attached hydrogens (tertiary/aromatic N) is 4. The van der Waals surface area contributed by atoms with Gasteiger partial charge in [-0.05, 0) is 40.7 Å². The first-order valence-corrected chi connectivity index (χ1v) is 10.1. The maximum Gasteiger partial charge on any atom is 0.435 e. The zero-order chi connectivity index (χ0) is 22.6. The Hall–Kier alpha value is -2.69. The minimum atomic E-state index is -4.86. The molecule has 0 aliphatic carbocycles. The van der Waals surface area contributed by atoms with Crippen LogP contribution in [0.2, 0.25) is 0 Å². The van der Waals surface area contributed by atoms with Gasteiger partial charge in [-0.3, -0.25) is 14.4 Å². The summed E-state index contributed by atoms with van der Waals surface area (Å²) in [4.78, 5) is 28.8. The van der Waals surface area contributed by atoms with Crippen molar-refractivity contribution in [1.29, 1.82) is 0 Å². The van der Waals surface area contributed by atoms with Crippen LogP contribution in [0.3, 0.4) is 0 Å². The van der Waals surface area contributed by atoms with Gasteiger partial charge in [0.05, 0.1) is 12.8 Å². The van der Waals surface area contributed by atoms with E-state index in [0.29, 0.717) is 17.9 Å². The first-order valence-electron chi connectivity index (χ1n) is 9.30. The summed E-state index contributed by atoms with van der Waals surface area (Å²) in [6.45, 7) is 9.15. The molecule has 11 heteroatoms. The normalized spacial score (nSPS) is 12.0. The number of esters is 1. The highest BCUT2D eigenvalue weighted by atomic mass is 32.1. The van der Waals surface area contributed by atoms with Gasteiger partial charge >= 0.3 is 12.1 Å². The van der Waals surface area contributed by atoms with Gasteiger partial charge < -0.3 is 4.74 Å². The average Bonchev–Trinajstić information content (AvgIpc) is 3.24. The van der Waals surface area contributed by atoms with Crippen molar-refractivity contribution in [1.82, 2.24) is 14.8 Å². The number of aromatic nitrogens is 3. The van der Waals surface area contributed by atoms with Gasteiger partial charge in [-0.1, -0.05) is 11.3 Å². The predicted molar refractivity (Wildman–Crippen MR) is 107 cm³/mol. The van der Waals surface area contributed by atoms with Crippen molar-refractivity contribution in [2.45, 2.75) is 53.4 Å². The van der Waals surface area contributed by atoms with E-state index >= 15 is 0 Å². The Bertz CT molecular complexity index is 947. The van der Waals surface area contributed by atoms with E-state index < -0.39 is 34.7 Å². The highest BCUT2D eigenvalue weighted by molar-refractivity contribution is 7.17. The van der Waals surface area contributed by atoms with Crippen molar-refractivity contribution in [3.63, 3.8) is 0 Å². The number of rotatable bonds is 7. The minimum Gasteiger partial charge on any atom is -0.462 e. The van der Waals surface area contributed by atoms with Crippen LogP contribution in [0.1, 0.15) is 54.3 Å². The highest BCUT2D eigenvalue weighted by Crippen LogP contribution is 2.38. The van der Waals surface area contributed by atoms with E-state index in [1.807, 2.05) is 13.8 Å². The molecule has 0 bridgehead atoms. The number of carbonyl (C=O) groups excluding carboxylic acids is 2. The largest absolute Gasteiger partial charge is 0.462 e. The fourth-order valence-electron chi connectivity index (χ4n) is 2.69. The molecule has 2 aromatic heterocycles. The zero-order valence-corrected chi connectivity index (χ0v) is 18.1. The van der Waals surface area contributed by atoms with Gasteiger partial charge in [-0.25, -0.2) is 9.78 Å². The second kappa shape index (κ2) is 9.41. The van der Waals surface area contributed by atoms with E-state index in [0.717, 1.165) is 16.2 Å². The number of alkyl halides is 3. The van der Waals surface area contributed by atoms with Crippen LogP contribution in [0.5, 0.6) is 0 Å². The Morgan fingerprint density at radius 2 is 2.00 bits per heavy atom. The molecule has 2 heterocycles. The summed E-state index contributed by atoms with van der Waals surface area (Å²) >= 11 is 0.481. The maximum absolute atomic E-state index is 13.4. The van der Waals surface area contributed by atoms with Crippen molar-refractivity contribution in [3.05, 3.63) is 34.1 Å². The van der Waals surface area contributed by atoms with Gasteiger partial charge in [-0.2, -0.15) is 18.3 Å². The smallest absolute Gasteiger partial charge is 0.435 e. The molecule has 2 aromatic rings. The lowest BCUT2D eigenvalue weighted by Crippen LogP contribution is -2.35. The third-order valence-corrected chi connectivity index (χ3v) is 5.19. The highest BCUT2D eigenvalue weighted by Gasteiger charge is 2.41. The molecule has 0 spiro atoms. The molecule has 0 aliphatic heterocycles. The molecule has 2 rings (SSSR count). The minimum absolute atomic E-state index is 0.0796. The van der Waals surface area contributed by atoms with Crippen LogP contribution in [0.15, 0.2) is 12.3 Å². The molecule has 0 radical (unpaired) electrons. The zero-order valence-electron chi connectivity index (χ0n) is 17.3. The van der Waals surface area contributed by atoms with Crippen LogP contribution in [0.25, 0.3) is 6.08 Å². The Morgan fingerprint density at radius 1 is 1.33 bits per heavy atom. The molecule has 0 saturated carbocycles. The quantitative estimate of drug-likeness (QED) is 0.470. The molecule has 7 nitrogen and oxygen atoms in total. The molecule has 0 fully saturated rings. The summed E-state index contributed by atoms with van der Waals surface area (Å²) in [5.74, 6) is -1.69. The number of aryl methyl sites for hydroxylation is 1. The lowest BCUT2D eigenvalue weighted by molar-refractivity contribution is -0.141. The van der Waals surface area contributed by atoms with E-state index in [2.05, 4.69) is 10.1 Å². The lowest BCUT2D eigenvalue weighted by atomic mass is 10.2. The Morgan fingerprint density at radius 3 is 2.50 bits per heavy atom. The molecule has 0 N–H and O–H groups in total. The van der Waals surface area contributed by atoms with Gasteiger partial charge in [0.1, 0.15) is 4.88 Å². The van der Waals surface area contributed by atoms with Crippen molar-refractivity contribution in [3.8, 4) is 0 Å². The number of hydrogen-bond acceptors (Lipinski definition) is 6. The molecule has 0 atom stereocenters. The molecular weight excluding hydrogens is 421 g/mol. The van der Waals surface area contributed by atoms with Crippen molar-refractivity contribution >= 4 is 34.4 Å². The Labute approximate surface area is 176 Å². The predicted octanol–water partition coefficient (Wildman–Crippen LogP) is 4.32. The van der Waals surface area contributed by atoms with Crippen LogP contribution in [-0.2, 0) is 22.3 Å². The van der Waals surface area contributed by atoms with Crippen molar-refractivity contribution in [2.75, 3.05) is 11.5 Å². The third-order valence-electron chi connectivity index (χ3n) is 4.15. The lowest BCUT2D eigenvalue weighted by Gasteiger charge is -2.22. The van der Waals surface area contributed by atoms with E-state index in [1.54, 1.807) is 30.8 Å². The summed E-state index contributed by atoms with van der Waals surface area (Å²) in [5, 5.41) is 3.96. The fourth-order valence-corrected chi connectivity index (χ4v) is 3.81. The van der Waals surface area contributed by atoms with Gasteiger partial charge in [0.2, 0.25) is 0 Å². The van der Waals surface area contributed by atoms with E-state index in [4.69, 9.17) is 4.74 Å². The van der Waals surface area contributed by atoms with Crippen LogP contribution >= 0.6 is 11.3 Å². The third kappa shape index (κ3) is 5.07. The molecule has 1 amide bonds. The Balaban J connectivity index is 2.42. The molecule has 30 heavy (non-hydrogen) atoms. The number of hydrogen-bond donors (Lipinski definition) is 0. The van der Waals surface area contributed by atoms with E-state index in [9.17, 15) is 22.8 Å². The van der Waals surface area contributed by atoms with Crippen LogP contribution < -0.4 is 4.90 Å². The molecule has 0 saturated heterocycles. The number of halogens is 3.